The fourth-order valence-electron chi connectivity index (χ4n) is 1.64. The Morgan fingerprint density at radius 2 is 1.95 bits per heavy atom. The van der Waals surface area contributed by atoms with Crippen LogP contribution >= 0.6 is 15.9 Å². The maximum atomic E-state index is 12.4. The molecule has 0 atom stereocenters. The molecule has 0 aliphatic rings. The smallest absolute Gasteiger partial charge is 0.255 e. The van der Waals surface area contributed by atoms with Gasteiger partial charge in [-0.25, -0.2) is 8.78 Å². The molecule has 1 aromatic rings. The van der Waals surface area contributed by atoms with Crippen molar-refractivity contribution in [2.75, 3.05) is 18.5 Å². The highest BCUT2D eigenvalue weighted by Crippen LogP contribution is 2.27. The first-order chi connectivity index (χ1) is 8.69. The zero-order valence-electron chi connectivity index (χ0n) is 11.8. The second-order valence-electron chi connectivity index (χ2n) is 5.66. The Bertz CT molecular complexity index is 416. The molecule has 0 aliphatic heterocycles. The van der Waals surface area contributed by atoms with Crippen molar-refractivity contribution in [3.63, 3.8) is 0 Å². The molecule has 0 saturated heterocycles. The molecular formula is C14H21BrF2N2. The average Bonchev–Trinajstić information content (AvgIpc) is 2.24. The van der Waals surface area contributed by atoms with E-state index >= 15 is 0 Å². The van der Waals surface area contributed by atoms with Crippen molar-refractivity contribution in [1.29, 1.82) is 0 Å². The summed E-state index contributed by atoms with van der Waals surface area (Å²) in [6.07, 6.45) is -2.33. The third-order valence-corrected chi connectivity index (χ3v) is 3.29. The van der Waals surface area contributed by atoms with Crippen LogP contribution in [0, 0.1) is 0 Å². The maximum absolute atomic E-state index is 12.4. The largest absolute Gasteiger partial charge is 0.368 e. The lowest BCUT2D eigenvalue weighted by atomic mass is 10.1. The molecular weight excluding hydrogens is 314 g/mol. The summed E-state index contributed by atoms with van der Waals surface area (Å²) in [7, 11) is 1.67. The monoisotopic (exact) mass is 334 g/mol. The van der Waals surface area contributed by atoms with Crippen LogP contribution in [0.4, 0.5) is 14.5 Å². The van der Waals surface area contributed by atoms with E-state index in [4.69, 9.17) is 0 Å². The molecule has 1 aromatic carbocycles. The van der Waals surface area contributed by atoms with Gasteiger partial charge in [0.15, 0.2) is 0 Å². The number of rotatable bonds is 5. The molecule has 1 rings (SSSR count). The molecule has 19 heavy (non-hydrogen) atoms. The summed E-state index contributed by atoms with van der Waals surface area (Å²) in [5, 5.41) is 3.39. The lowest BCUT2D eigenvalue weighted by Crippen LogP contribution is -2.35. The first-order valence-corrected chi connectivity index (χ1v) is 7.01. The van der Waals surface area contributed by atoms with E-state index in [0.29, 0.717) is 0 Å². The van der Waals surface area contributed by atoms with E-state index in [-0.39, 0.29) is 12.1 Å². The lowest BCUT2D eigenvalue weighted by Gasteiger charge is -2.23. The standard InChI is InChI=1S/C14H21BrF2N2/c1-14(2,3)18-8-10-5-6-12(11(15)7-10)19(4)9-13(16)17/h5-7,13,18H,8-9H2,1-4H3. The third kappa shape index (κ3) is 5.87. The van der Waals surface area contributed by atoms with Crippen LogP contribution in [0.25, 0.3) is 0 Å². The summed E-state index contributed by atoms with van der Waals surface area (Å²) >= 11 is 3.44. The molecule has 0 heterocycles. The van der Waals surface area contributed by atoms with Crippen molar-refractivity contribution in [3.8, 4) is 0 Å². The molecule has 0 spiro atoms. The first kappa shape index (κ1) is 16.4. The van der Waals surface area contributed by atoms with Gasteiger partial charge < -0.3 is 10.2 Å². The van der Waals surface area contributed by atoms with Gasteiger partial charge in [-0.1, -0.05) is 6.07 Å². The van der Waals surface area contributed by atoms with E-state index in [1.807, 2.05) is 18.2 Å². The van der Waals surface area contributed by atoms with Gasteiger partial charge in [0.1, 0.15) is 0 Å². The summed E-state index contributed by atoms with van der Waals surface area (Å²) in [6, 6.07) is 5.79. The Balaban J connectivity index is 2.74. The SMILES string of the molecule is CN(CC(F)F)c1ccc(CNC(C)(C)C)cc1Br. The molecule has 0 bridgehead atoms. The van der Waals surface area contributed by atoms with Crippen molar-refractivity contribution in [1.82, 2.24) is 5.32 Å². The second kappa shape index (κ2) is 6.66. The number of anilines is 1. The van der Waals surface area contributed by atoms with Gasteiger partial charge in [0.2, 0.25) is 0 Å². The zero-order chi connectivity index (χ0) is 14.6. The van der Waals surface area contributed by atoms with E-state index in [2.05, 4.69) is 42.0 Å². The number of hydrogen-bond acceptors (Lipinski definition) is 2. The molecule has 0 aromatic heterocycles. The third-order valence-electron chi connectivity index (χ3n) is 2.66. The topological polar surface area (TPSA) is 15.3 Å². The van der Waals surface area contributed by atoms with Gasteiger partial charge in [0.05, 0.1) is 12.2 Å². The van der Waals surface area contributed by atoms with Crippen LogP contribution in [0.5, 0.6) is 0 Å². The van der Waals surface area contributed by atoms with Crippen LogP contribution in [0.15, 0.2) is 22.7 Å². The van der Waals surface area contributed by atoms with Crippen molar-refractivity contribution in [2.45, 2.75) is 39.3 Å². The molecule has 108 valence electrons. The summed E-state index contributed by atoms with van der Waals surface area (Å²) in [4.78, 5) is 1.55. The lowest BCUT2D eigenvalue weighted by molar-refractivity contribution is 0.156. The van der Waals surface area contributed by atoms with Crippen molar-refractivity contribution in [2.24, 2.45) is 0 Å². The number of hydrogen-bond donors (Lipinski definition) is 1. The van der Waals surface area contributed by atoms with Crippen LogP contribution in [-0.2, 0) is 6.54 Å². The van der Waals surface area contributed by atoms with Crippen molar-refractivity contribution >= 4 is 21.6 Å². The van der Waals surface area contributed by atoms with Gasteiger partial charge in [-0.05, 0) is 54.4 Å². The molecule has 0 fully saturated rings. The van der Waals surface area contributed by atoms with Crippen LogP contribution in [-0.4, -0.2) is 25.6 Å². The highest BCUT2D eigenvalue weighted by Gasteiger charge is 2.13. The van der Waals surface area contributed by atoms with Gasteiger partial charge in [0.25, 0.3) is 6.43 Å². The Morgan fingerprint density at radius 1 is 1.32 bits per heavy atom. The van der Waals surface area contributed by atoms with Gasteiger partial charge in [0, 0.05) is 23.6 Å². The van der Waals surface area contributed by atoms with Gasteiger partial charge in [-0.2, -0.15) is 0 Å². The summed E-state index contributed by atoms with van der Waals surface area (Å²) in [6.45, 7) is 6.80. The zero-order valence-corrected chi connectivity index (χ0v) is 13.4. The van der Waals surface area contributed by atoms with E-state index in [1.165, 1.54) is 0 Å². The molecule has 0 unspecified atom stereocenters. The minimum atomic E-state index is -2.33. The Hall–Kier alpha value is -0.680. The molecule has 0 aliphatic carbocycles. The Morgan fingerprint density at radius 3 is 2.42 bits per heavy atom. The Kier molecular flexibility index (Phi) is 5.74. The summed E-state index contributed by atoms with van der Waals surface area (Å²) in [5.41, 5.74) is 1.95. The number of nitrogens with one attached hydrogen (secondary N) is 1. The van der Waals surface area contributed by atoms with Crippen molar-refractivity contribution < 1.29 is 8.78 Å². The highest BCUT2D eigenvalue weighted by molar-refractivity contribution is 9.10. The van der Waals surface area contributed by atoms with E-state index in [9.17, 15) is 8.78 Å². The van der Waals surface area contributed by atoms with Gasteiger partial charge in [-0.15, -0.1) is 0 Å². The quantitative estimate of drug-likeness (QED) is 0.874. The van der Waals surface area contributed by atoms with Crippen LogP contribution in [0.1, 0.15) is 26.3 Å². The maximum Gasteiger partial charge on any atom is 0.255 e. The molecule has 5 heteroatoms. The summed E-state index contributed by atoms with van der Waals surface area (Å²) in [5.74, 6) is 0. The van der Waals surface area contributed by atoms with Crippen molar-refractivity contribution in [3.05, 3.63) is 28.2 Å². The van der Waals surface area contributed by atoms with E-state index in [0.717, 1.165) is 22.3 Å². The van der Waals surface area contributed by atoms with Crippen LogP contribution in [0.3, 0.4) is 0 Å². The number of nitrogens with zero attached hydrogens (tertiary/aromatic N) is 1. The molecule has 0 saturated carbocycles. The molecule has 1 N–H and O–H groups in total. The number of benzene rings is 1. The number of alkyl halides is 2. The number of halogens is 3. The fourth-order valence-corrected chi connectivity index (χ4v) is 2.37. The van der Waals surface area contributed by atoms with E-state index in [1.54, 1.807) is 11.9 Å². The average molecular weight is 335 g/mol. The second-order valence-corrected chi connectivity index (χ2v) is 6.52. The van der Waals surface area contributed by atoms with Crippen LogP contribution < -0.4 is 10.2 Å². The molecule has 0 radical (unpaired) electrons. The minimum absolute atomic E-state index is 0.0532. The summed E-state index contributed by atoms with van der Waals surface area (Å²) < 4.78 is 25.6. The normalized spacial score (nSPS) is 12.0. The van der Waals surface area contributed by atoms with E-state index < -0.39 is 6.43 Å². The first-order valence-electron chi connectivity index (χ1n) is 6.22. The van der Waals surface area contributed by atoms with Crippen LogP contribution in [0.2, 0.25) is 0 Å². The van der Waals surface area contributed by atoms with Gasteiger partial charge >= 0.3 is 0 Å². The predicted octanol–water partition coefficient (Wildman–Crippen LogP) is 4.04. The molecule has 0 amide bonds. The fraction of sp³-hybridized carbons (Fsp3) is 0.571. The Labute approximate surface area is 122 Å². The molecule has 2 nitrogen and oxygen atoms in total. The highest BCUT2D eigenvalue weighted by atomic mass is 79.9. The van der Waals surface area contributed by atoms with Gasteiger partial charge in [-0.3, -0.25) is 0 Å². The predicted molar refractivity (Wildman–Crippen MR) is 80.0 cm³/mol. The minimum Gasteiger partial charge on any atom is -0.368 e.